The van der Waals surface area contributed by atoms with E-state index in [-0.39, 0.29) is 22.8 Å². The summed E-state index contributed by atoms with van der Waals surface area (Å²) in [7, 11) is 0. The summed E-state index contributed by atoms with van der Waals surface area (Å²) in [6, 6.07) is 8.59. The van der Waals surface area contributed by atoms with Crippen LogP contribution in [0.15, 0.2) is 39.9 Å². The molecular weight excluding hydrogens is 458 g/mol. The second kappa shape index (κ2) is 8.95. The summed E-state index contributed by atoms with van der Waals surface area (Å²) in [4.78, 5) is 53.3. The van der Waals surface area contributed by atoms with Gasteiger partial charge in [-0.3, -0.25) is 14.4 Å². The number of thiophene rings is 1. The Hall–Kier alpha value is -3.24. The number of hydrogen-bond acceptors (Lipinski definition) is 7. The predicted molar refractivity (Wildman–Crippen MR) is 132 cm³/mol. The standard InChI is InChI=1S/C23H21N5O3S2/c1-12-8-18(29)28-21(24-12)13-4-2-5-14(9-13)25-19(30)11-32-10-17-26-22(31)20-15-6-3-7-16(15)33-23(20)27-17/h2,4-5,8-9H,3,6-7,10-11H2,1H3,(H,25,30)(H,24,28,29)(H,26,27,31). The van der Waals surface area contributed by atoms with Crippen LogP contribution in [0.1, 0.15) is 28.4 Å². The maximum atomic E-state index is 12.5. The number of carbonyl (C=O) groups excluding carboxylic acids is 1. The Labute approximate surface area is 196 Å². The number of thioether (sulfide) groups is 1. The number of nitrogens with zero attached hydrogens (tertiary/aromatic N) is 2. The first kappa shape index (κ1) is 21.6. The van der Waals surface area contributed by atoms with Crippen molar-refractivity contribution in [2.45, 2.75) is 31.9 Å². The molecule has 168 valence electrons. The molecule has 1 aliphatic carbocycles. The fourth-order valence-electron chi connectivity index (χ4n) is 4.01. The second-order valence-corrected chi connectivity index (χ2v) is 9.98. The quantitative estimate of drug-likeness (QED) is 0.390. The highest BCUT2D eigenvalue weighted by Gasteiger charge is 2.21. The fourth-order valence-corrected chi connectivity index (χ4v) is 5.98. The number of nitrogens with one attached hydrogen (secondary N) is 3. The molecule has 3 aromatic heterocycles. The smallest absolute Gasteiger partial charge is 0.259 e. The molecule has 10 heteroatoms. The van der Waals surface area contributed by atoms with E-state index in [4.69, 9.17) is 0 Å². The van der Waals surface area contributed by atoms with Gasteiger partial charge in [0, 0.05) is 27.9 Å². The molecule has 8 nitrogen and oxygen atoms in total. The molecule has 33 heavy (non-hydrogen) atoms. The van der Waals surface area contributed by atoms with Gasteiger partial charge in [-0.25, -0.2) is 9.97 Å². The average molecular weight is 480 g/mol. The van der Waals surface area contributed by atoms with Gasteiger partial charge >= 0.3 is 0 Å². The predicted octanol–water partition coefficient (Wildman–Crippen LogP) is 3.40. The number of hydrogen-bond donors (Lipinski definition) is 3. The molecule has 0 fully saturated rings. The monoisotopic (exact) mass is 479 g/mol. The minimum Gasteiger partial charge on any atom is -0.325 e. The fraction of sp³-hybridized carbons (Fsp3) is 0.261. The molecule has 0 spiro atoms. The van der Waals surface area contributed by atoms with Crippen molar-refractivity contribution in [2.75, 3.05) is 11.1 Å². The highest BCUT2D eigenvalue weighted by atomic mass is 32.2. The maximum absolute atomic E-state index is 12.5. The summed E-state index contributed by atoms with van der Waals surface area (Å²) in [6.45, 7) is 1.76. The highest BCUT2D eigenvalue weighted by Crippen LogP contribution is 2.34. The highest BCUT2D eigenvalue weighted by molar-refractivity contribution is 7.99. The molecule has 0 saturated carbocycles. The summed E-state index contributed by atoms with van der Waals surface area (Å²) >= 11 is 3.00. The van der Waals surface area contributed by atoms with Crippen molar-refractivity contribution < 1.29 is 4.79 Å². The third kappa shape index (κ3) is 4.62. The Balaban J connectivity index is 1.22. The Morgan fingerprint density at radius 1 is 1.18 bits per heavy atom. The van der Waals surface area contributed by atoms with E-state index < -0.39 is 0 Å². The van der Waals surface area contributed by atoms with Gasteiger partial charge in [0.05, 0.1) is 16.9 Å². The molecule has 5 rings (SSSR count). The summed E-state index contributed by atoms with van der Waals surface area (Å²) in [6.07, 6.45) is 3.08. The van der Waals surface area contributed by atoms with E-state index in [1.807, 2.05) is 6.07 Å². The molecule has 0 radical (unpaired) electrons. The van der Waals surface area contributed by atoms with Crippen molar-refractivity contribution in [3.63, 3.8) is 0 Å². The van der Waals surface area contributed by atoms with Crippen molar-refractivity contribution in [3.05, 3.63) is 73.0 Å². The van der Waals surface area contributed by atoms with Crippen LogP contribution in [-0.2, 0) is 23.4 Å². The van der Waals surface area contributed by atoms with Crippen LogP contribution < -0.4 is 16.4 Å². The van der Waals surface area contributed by atoms with Crippen LogP contribution >= 0.6 is 23.1 Å². The Morgan fingerprint density at radius 2 is 2.06 bits per heavy atom. The first-order valence-corrected chi connectivity index (χ1v) is 12.5. The minimum absolute atomic E-state index is 0.0842. The summed E-state index contributed by atoms with van der Waals surface area (Å²) in [5.41, 5.74) is 2.80. The lowest BCUT2D eigenvalue weighted by atomic mass is 10.2. The molecule has 0 atom stereocenters. The SMILES string of the molecule is Cc1cc(=O)[nH]c(-c2cccc(NC(=O)CSCc3nc4sc5c(c4c(=O)[nH]3)CCC5)c2)n1. The lowest BCUT2D eigenvalue weighted by molar-refractivity contribution is -0.113. The molecule has 0 aliphatic heterocycles. The maximum Gasteiger partial charge on any atom is 0.259 e. The van der Waals surface area contributed by atoms with Gasteiger partial charge in [0.1, 0.15) is 16.5 Å². The molecule has 3 N–H and O–H groups in total. The van der Waals surface area contributed by atoms with Crippen molar-refractivity contribution in [3.8, 4) is 11.4 Å². The zero-order valence-electron chi connectivity index (χ0n) is 17.9. The Morgan fingerprint density at radius 3 is 2.91 bits per heavy atom. The summed E-state index contributed by atoms with van der Waals surface area (Å²) < 4.78 is 0. The van der Waals surface area contributed by atoms with Crippen molar-refractivity contribution in [1.82, 2.24) is 19.9 Å². The molecule has 0 saturated heterocycles. The molecule has 1 amide bonds. The van der Waals surface area contributed by atoms with Gasteiger partial charge in [-0.1, -0.05) is 12.1 Å². The van der Waals surface area contributed by atoms with Gasteiger partial charge in [0.15, 0.2) is 0 Å². The van der Waals surface area contributed by atoms with E-state index >= 15 is 0 Å². The Bertz CT molecular complexity index is 1490. The average Bonchev–Trinajstić information content (AvgIpc) is 3.34. The van der Waals surface area contributed by atoms with Gasteiger partial charge in [-0.05, 0) is 43.9 Å². The first-order valence-electron chi connectivity index (χ1n) is 10.6. The number of aryl methyl sites for hydroxylation is 3. The van der Waals surface area contributed by atoms with E-state index in [2.05, 4.69) is 25.3 Å². The molecule has 4 aromatic rings. The lowest BCUT2D eigenvalue weighted by Crippen LogP contribution is -2.15. The molecule has 1 aliphatic rings. The number of benzene rings is 1. The third-order valence-corrected chi connectivity index (χ3v) is 7.52. The number of rotatable bonds is 6. The number of aromatic amines is 2. The molecule has 1 aromatic carbocycles. The number of carbonyl (C=O) groups is 1. The van der Waals surface area contributed by atoms with Gasteiger partial charge in [0.25, 0.3) is 11.1 Å². The zero-order chi connectivity index (χ0) is 22.9. The third-order valence-electron chi connectivity index (χ3n) is 5.39. The zero-order valence-corrected chi connectivity index (χ0v) is 19.5. The normalized spacial score (nSPS) is 12.8. The van der Waals surface area contributed by atoms with Crippen LogP contribution in [-0.4, -0.2) is 31.6 Å². The summed E-state index contributed by atoms with van der Waals surface area (Å²) in [5.74, 6) is 1.53. The molecule has 0 unspecified atom stereocenters. The van der Waals surface area contributed by atoms with Gasteiger partial charge in [-0.2, -0.15) is 0 Å². The van der Waals surface area contributed by atoms with Crippen LogP contribution in [0.4, 0.5) is 5.69 Å². The largest absolute Gasteiger partial charge is 0.325 e. The van der Waals surface area contributed by atoms with Gasteiger partial charge in [0.2, 0.25) is 5.91 Å². The van der Waals surface area contributed by atoms with E-state index in [0.717, 1.165) is 35.0 Å². The van der Waals surface area contributed by atoms with Gasteiger partial charge in [-0.15, -0.1) is 23.1 Å². The van der Waals surface area contributed by atoms with Crippen LogP contribution in [0.3, 0.4) is 0 Å². The van der Waals surface area contributed by atoms with Crippen LogP contribution in [0, 0.1) is 6.92 Å². The number of amides is 1. The minimum atomic E-state index is -0.222. The second-order valence-electron chi connectivity index (χ2n) is 7.91. The van der Waals surface area contributed by atoms with Crippen molar-refractivity contribution >= 4 is 44.9 Å². The van der Waals surface area contributed by atoms with E-state index in [1.165, 1.54) is 22.7 Å². The van der Waals surface area contributed by atoms with Crippen LogP contribution in [0.2, 0.25) is 0 Å². The van der Waals surface area contributed by atoms with Crippen LogP contribution in [0.25, 0.3) is 21.6 Å². The molecule has 3 heterocycles. The van der Waals surface area contributed by atoms with Crippen LogP contribution in [0.5, 0.6) is 0 Å². The van der Waals surface area contributed by atoms with Crippen molar-refractivity contribution in [2.24, 2.45) is 0 Å². The van der Waals surface area contributed by atoms with Crippen molar-refractivity contribution in [1.29, 1.82) is 0 Å². The van der Waals surface area contributed by atoms with E-state index in [9.17, 15) is 14.4 Å². The van der Waals surface area contributed by atoms with E-state index in [0.29, 0.717) is 34.3 Å². The Kier molecular flexibility index (Phi) is 5.86. The molecular formula is C23H21N5O3S2. The number of anilines is 1. The first-order chi connectivity index (χ1) is 16.0. The van der Waals surface area contributed by atoms with E-state index in [1.54, 1.807) is 36.5 Å². The number of fused-ring (bicyclic) bond motifs is 3. The van der Waals surface area contributed by atoms with Gasteiger partial charge < -0.3 is 15.3 Å². The topological polar surface area (TPSA) is 121 Å². The number of H-pyrrole nitrogens is 2. The summed E-state index contributed by atoms with van der Waals surface area (Å²) in [5, 5.41) is 3.60. The lowest BCUT2D eigenvalue weighted by Gasteiger charge is -2.08. The molecule has 0 bridgehead atoms. The number of aromatic nitrogens is 4.